The largest absolute Gasteiger partial charge is 0.388 e. The molecule has 0 aromatic heterocycles. The summed E-state index contributed by atoms with van der Waals surface area (Å²) in [4.78, 5) is 2.21. The highest BCUT2D eigenvalue weighted by Gasteiger charge is 2.54. The minimum atomic E-state index is -0.257. The molecule has 0 aromatic rings. The minimum Gasteiger partial charge on any atom is -0.388 e. The number of hydrogen-bond acceptors (Lipinski definition) is 2. The summed E-state index contributed by atoms with van der Waals surface area (Å²) in [6, 6.07) is 0. The SMILES string of the molecule is CN1CC[C@@H]2C[C@]2(O)C1. The smallest absolute Gasteiger partial charge is 0.0807 e. The Kier molecular flexibility index (Phi) is 0.945. The molecule has 52 valence electrons. The van der Waals surface area contributed by atoms with Crippen molar-refractivity contribution in [3.05, 3.63) is 0 Å². The Morgan fingerprint density at radius 3 is 3.00 bits per heavy atom. The standard InChI is InChI=1S/C7H13NO/c1-8-3-2-6-4-7(6,9)5-8/h6,9H,2-5H2,1H3/t6-,7+/m1/s1. The first kappa shape index (κ1) is 5.69. The summed E-state index contributed by atoms with van der Waals surface area (Å²) in [7, 11) is 2.08. The van der Waals surface area contributed by atoms with Crippen LogP contribution in [0.15, 0.2) is 0 Å². The van der Waals surface area contributed by atoms with Gasteiger partial charge in [0, 0.05) is 6.54 Å². The van der Waals surface area contributed by atoms with Crippen molar-refractivity contribution in [3.8, 4) is 0 Å². The van der Waals surface area contributed by atoms with Crippen LogP contribution in [-0.4, -0.2) is 35.7 Å². The lowest BCUT2D eigenvalue weighted by molar-refractivity contribution is 0.0624. The van der Waals surface area contributed by atoms with Gasteiger partial charge in [0.05, 0.1) is 5.60 Å². The lowest BCUT2D eigenvalue weighted by Crippen LogP contribution is -2.37. The maximum atomic E-state index is 9.58. The Balaban J connectivity index is 2.03. The number of nitrogens with zero attached hydrogens (tertiary/aromatic N) is 1. The van der Waals surface area contributed by atoms with Gasteiger partial charge in [0.2, 0.25) is 0 Å². The van der Waals surface area contributed by atoms with Gasteiger partial charge in [0.1, 0.15) is 0 Å². The van der Waals surface area contributed by atoms with Crippen LogP contribution < -0.4 is 0 Å². The van der Waals surface area contributed by atoms with Gasteiger partial charge >= 0.3 is 0 Å². The lowest BCUT2D eigenvalue weighted by atomic mass is 10.1. The summed E-state index contributed by atoms with van der Waals surface area (Å²) < 4.78 is 0. The van der Waals surface area contributed by atoms with Crippen molar-refractivity contribution in [1.29, 1.82) is 0 Å². The van der Waals surface area contributed by atoms with Crippen molar-refractivity contribution in [2.75, 3.05) is 20.1 Å². The number of likely N-dealkylation sites (N-methyl/N-ethyl adjacent to an activating group) is 1. The molecule has 2 fully saturated rings. The van der Waals surface area contributed by atoms with Crippen LogP contribution in [0.3, 0.4) is 0 Å². The topological polar surface area (TPSA) is 23.5 Å². The summed E-state index contributed by atoms with van der Waals surface area (Å²) in [5, 5.41) is 9.58. The molecule has 1 aliphatic heterocycles. The van der Waals surface area contributed by atoms with Gasteiger partial charge < -0.3 is 10.0 Å². The first-order valence-electron chi connectivity index (χ1n) is 3.62. The fourth-order valence-electron chi connectivity index (χ4n) is 1.85. The van der Waals surface area contributed by atoms with Gasteiger partial charge in [-0.3, -0.25) is 0 Å². The number of hydrogen-bond donors (Lipinski definition) is 1. The van der Waals surface area contributed by atoms with Crippen molar-refractivity contribution in [2.24, 2.45) is 5.92 Å². The zero-order valence-electron chi connectivity index (χ0n) is 5.80. The highest BCUT2D eigenvalue weighted by Crippen LogP contribution is 2.48. The molecule has 2 aliphatic rings. The second-order valence-corrected chi connectivity index (χ2v) is 3.53. The van der Waals surface area contributed by atoms with E-state index in [0.29, 0.717) is 5.92 Å². The Morgan fingerprint density at radius 1 is 1.67 bits per heavy atom. The monoisotopic (exact) mass is 127 g/mol. The van der Waals surface area contributed by atoms with E-state index < -0.39 is 0 Å². The second kappa shape index (κ2) is 1.50. The number of piperidine rings is 1. The van der Waals surface area contributed by atoms with E-state index in [1.165, 1.54) is 13.0 Å². The summed E-state index contributed by atoms with van der Waals surface area (Å²) in [5.74, 6) is 0.647. The van der Waals surface area contributed by atoms with E-state index in [0.717, 1.165) is 13.0 Å². The third kappa shape index (κ3) is 0.775. The van der Waals surface area contributed by atoms with Crippen LogP contribution in [0.2, 0.25) is 0 Å². The van der Waals surface area contributed by atoms with Crippen molar-refractivity contribution in [3.63, 3.8) is 0 Å². The van der Waals surface area contributed by atoms with Gasteiger partial charge in [-0.1, -0.05) is 0 Å². The third-order valence-corrected chi connectivity index (χ3v) is 2.60. The quantitative estimate of drug-likeness (QED) is 0.498. The Hall–Kier alpha value is -0.0800. The Labute approximate surface area is 55.5 Å². The maximum Gasteiger partial charge on any atom is 0.0807 e. The van der Waals surface area contributed by atoms with Crippen molar-refractivity contribution in [2.45, 2.75) is 18.4 Å². The molecular weight excluding hydrogens is 114 g/mol. The number of rotatable bonds is 0. The summed E-state index contributed by atoms with van der Waals surface area (Å²) in [6.45, 7) is 2.07. The molecule has 2 heteroatoms. The predicted molar refractivity (Wildman–Crippen MR) is 35.2 cm³/mol. The molecule has 2 nitrogen and oxygen atoms in total. The van der Waals surface area contributed by atoms with Gasteiger partial charge in [0.15, 0.2) is 0 Å². The van der Waals surface area contributed by atoms with Gasteiger partial charge in [-0.2, -0.15) is 0 Å². The average molecular weight is 127 g/mol. The van der Waals surface area contributed by atoms with Gasteiger partial charge in [-0.25, -0.2) is 0 Å². The van der Waals surface area contributed by atoms with Crippen LogP contribution in [-0.2, 0) is 0 Å². The molecule has 2 atom stereocenters. The highest BCUT2D eigenvalue weighted by atomic mass is 16.3. The Bertz CT molecular complexity index is 137. The molecule has 1 N–H and O–H groups in total. The van der Waals surface area contributed by atoms with E-state index in [1.807, 2.05) is 0 Å². The summed E-state index contributed by atoms with van der Waals surface area (Å²) in [5.41, 5.74) is -0.257. The zero-order chi connectivity index (χ0) is 6.48. The van der Waals surface area contributed by atoms with Gasteiger partial charge in [-0.05, 0) is 32.4 Å². The van der Waals surface area contributed by atoms with E-state index >= 15 is 0 Å². The van der Waals surface area contributed by atoms with Crippen LogP contribution in [0.5, 0.6) is 0 Å². The van der Waals surface area contributed by atoms with E-state index in [1.54, 1.807) is 0 Å². The molecule has 0 unspecified atom stereocenters. The van der Waals surface area contributed by atoms with Crippen LogP contribution in [0.25, 0.3) is 0 Å². The van der Waals surface area contributed by atoms with Crippen molar-refractivity contribution in [1.82, 2.24) is 4.90 Å². The molecule has 0 aromatic carbocycles. The number of β-amino-alcohol motifs (C(OH)–C–C–N with tert-alkyl or cyclic N) is 1. The fraction of sp³-hybridized carbons (Fsp3) is 1.00. The first-order chi connectivity index (χ1) is 4.21. The second-order valence-electron chi connectivity index (χ2n) is 3.53. The maximum absolute atomic E-state index is 9.58. The molecule has 0 amide bonds. The molecule has 2 rings (SSSR count). The normalized spacial score (nSPS) is 50.7. The van der Waals surface area contributed by atoms with E-state index in [-0.39, 0.29) is 5.60 Å². The molecule has 1 saturated carbocycles. The molecular formula is C7H13NO. The molecule has 0 bridgehead atoms. The van der Waals surface area contributed by atoms with Crippen molar-refractivity contribution < 1.29 is 5.11 Å². The molecule has 1 heterocycles. The predicted octanol–water partition coefficient (Wildman–Crippen LogP) is 0.0729. The van der Waals surface area contributed by atoms with Gasteiger partial charge in [0.25, 0.3) is 0 Å². The number of aliphatic hydroxyl groups is 1. The number of likely N-dealkylation sites (tertiary alicyclic amines) is 1. The van der Waals surface area contributed by atoms with Crippen LogP contribution in [0.4, 0.5) is 0 Å². The van der Waals surface area contributed by atoms with E-state index in [9.17, 15) is 5.11 Å². The van der Waals surface area contributed by atoms with E-state index in [4.69, 9.17) is 0 Å². The fourth-order valence-corrected chi connectivity index (χ4v) is 1.85. The minimum absolute atomic E-state index is 0.257. The number of fused-ring (bicyclic) bond motifs is 1. The molecule has 0 spiro atoms. The van der Waals surface area contributed by atoms with Crippen LogP contribution in [0.1, 0.15) is 12.8 Å². The lowest BCUT2D eigenvalue weighted by Gasteiger charge is -2.25. The molecule has 0 radical (unpaired) electrons. The summed E-state index contributed by atoms with van der Waals surface area (Å²) in [6.07, 6.45) is 2.25. The highest BCUT2D eigenvalue weighted by molar-refractivity contribution is 5.07. The van der Waals surface area contributed by atoms with E-state index in [2.05, 4.69) is 11.9 Å². The van der Waals surface area contributed by atoms with Crippen LogP contribution >= 0.6 is 0 Å². The zero-order valence-corrected chi connectivity index (χ0v) is 5.80. The third-order valence-electron chi connectivity index (χ3n) is 2.60. The van der Waals surface area contributed by atoms with Crippen molar-refractivity contribution >= 4 is 0 Å². The molecule has 1 saturated heterocycles. The van der Waals surface area contributed by atoms with Gasteiger partial charge in [-0.15, -0.1) is 0 Å². The van der Waals surface area contributed by atoms with Crippen LogP contribution in [0, 0.1) is 5.92 Å². The molecule has 1 aliphatic carbocycles. The summed E-state index contributed by atoms with van der Waals surface area (Å²) >= 11 is 0. The molecule has 9 heavy (non-hydrogen) atoms. The average Bonchev–Trinajstić information content (AvgIpc) is 2.38. The first-order valence-corrected chi connectivity index (χ1v) is 3.62. The Morgan fingerprint density at radius 2 is 2.44 bits per heavy atom.